The molecule has 6 nitrogen and oxygen atoms in total. The molecule has 2 unspecified atom stereocenters. The van der Waals surface area contributed by atoms with Crippen molar-refractivity contribution in [2.45, 2.75) is 31.3 Å². The number of hydrogen-bond donors (Lipinski definition) is 0. The van der Waals surface area contributed by atoms with Gasteiger partial charge in [0.05, 0.1) is 37.3 Å². The Balaban J connectivity index is 1.55. The molecule has 1 heterocycles. The van der Waals surface area contributed by atoms with Gasteiger partial charge < -0.3 is 18.9 Å². The summed E-state index contributed by atoms with van der Waals surface area (Å²) in [5.74, 6) is 2.81. The minimum Gasteiger partial charge on any atom is -0.494 e. The summed E-state index contributed by atoms with van der Waals surface area (Å²) in [4.78, 5) is 5.00. The summed E-state index contributed by atoms with van der Waals surface area (Å²) in [6, 6.07) is 11.2. The highest BCUT2D eigenvalue weighted by Gasteiger charge is 2.23. The van der Waals surface area contributed by atoms with Crippen LogP contribution in [0.25, 0.3) is 0 Å². The van der Waals surface area contributed by atoms with Gasteiger partial charge in [0, 0.05) is 22.3 Å². The van der Waals surface area contributed by atoms with Crippen molar-refractivity contribution in [3.8, 4) is 17.2 Å². The Bertz CT molecular complexity index is 897. The van der Waals surface area contributed by atoms with Gasteiger partial charge in [-0.25, -0.2) is 4.99 Å². The second-order valence-corrected chi connectivity index (χ2v) is 8.59. The normalized spacial score (nSPS) is 16.1. The third-order valence-corrected chi connectivity index (χ3v) is 6.11. The molecule has 0 N–H and O–H groups in total. The maximum Gasteiger partial charge on any atom is 0.175 e. The summed E-state index contributed by atoms with van der Waals surface area (Å²) < 4.78 is 34.6. The smallest absolute Gasteiger partial charge is 0.175 e. The Hall–Kier alpha value is -2.54. The van der Waals surface area contributed by atoms with Crippen LogP contribution in [-0.4, -0.2) is 37.2 Å². The van der Waals surface area contributed by atoms with Crippen LogP contribution in [-0.2, 0) is 15.5 Å². The van der Waals surface area contributed by atoms with Crippen molar-refractivity contribution in [1.82, 2.24) is 0 Å². The van der Waals surface area contributed by atoms with Gasteiger partial charge in [0.2, 0.25) is 0 Å². The summed E-state index contributed by atoms with van der Waals surface area (Å²) in [5, 5.41) is 0. The van der Waals surface area contributed by atoms with Crippen LogP contribution in [0.2, 0.25) is 0 Å². The molecule has 3 rings (SSSR count). The van der Waals surface area contributed by atoms with Gasteiger partial charge in [0.25, 0.3) is 0 Å². The van der Waals surface area contributed by atoms with Gasteiger partial charge in [-0.1, -0.05) is 13.8 Å². The minimum absolute atomic E-state index is 0.0244. The molecule has 2 atom stereocenters. The first-order valence-electron chi connectivity index (χ1n) is 9.58. The summed E-state index contributed by atoms with van der Waals surface area (Å²) in [6.07, 6.45) is 2.15. The average molecular weight is 418 g/mol. The van der Waals surface area contributed by atoms with Crippen LogP contribution in [0, 0.1) is 5.92 Å². The number of hydrogen-bond acceptors (Lipinski definition) is 6. The maximum atomic E-state index is 12.6. The van der Waals surface area contributed by atoms with E-state index in [1.54, 1.807) is 32.4 Å². The SMILES string of the molecule is COc1ccc(S(=O)CCCOc2ccc3c(c2)C(C(C)C)OC=N3)cc1OC. The molecule has 0 saturated carbocycles. The lowest BCUT2D eigenvalue weighted by Gasteiger charge is -2.25. The van der Waals surface area contributed by atoms with Gasteiger partial charge >= 0.3 is 0 Å². The standard InChI is InChI=1S/C22H27NO5S/c1-15(2)22-18-12-16(6-8-19(18)23-14-28-22)27-10-5-11-29(24)17-7-9-20(25-3)21(13-17)26-4/h6-9,12-15,22H,5,10-11H2,1-4H3. The lowest BCUT2D eigenvalue weighted by molar-refractivity contribution is 0.146. The van der Waals surface area contributed by atoms with E-state index in [9.17, 15) is 4.21 Å². The first-order valence-corrected chi connectivity index (χ1v) is 10.9. The van der Waals surface area contributed by atoms with E-state index in [1.807, 2.05) is 18.2 Å². The van der Waals surface area contributed by atoms with Gasteiger partial charge in [-0.2, -0.15) is 0 Å². The molecule has 1 aliphatic heterocycles. The molecule has 0 aliphatic carbocycles. The Labute approximate surface area is 174 Å². The molecule has 2 aromatic carbocycles. The minimum atomic E-state index is -1.13. The van der Waals surface area contributed by atoms with Gasteiger partial charge in [0.1, 0.15) is 11.9 Å². The fraction of sp³-hybridized carbons (Fsp3) is 0.409. The van der Waals surface area contributed by atoms with Crippen LogP contribution in [0.3, 0.4) is 0 Å². The van der Waals surface area contributed by atoms with E-state index in [2.05, 4.69) is 18.8 Å². The fourth-order valence-electron chi connectivity index (χ4n) is 3.17. The first kappa shape index (κ1) is 21.2. The van der Waals surface area contributed by atoms with Crippen molar-refractivity contribution >= 4 is 22.9 Å². The van der Waals surface area contributed by atoms with Crippen LogP contribution in [0.1, 0.15) is 31.9 Å². The third-order valence-electron chi connectivity index (χ3n) is 4.67. The second kappa shape index (κ2) is 9.78. The summed E-state index contributed by atoms with van der Waals surface area (Å²) in [6.45, 7) is 4.71. The van der Waals surface area contributed by atoms with Gasteiger partial charge in [0.15, 0.2) is 17.9 Å². The van der Waals surface area contributed by atoms with E-state index in [0.717, 1.165) is 17.0 Å². The molecule has 0 aromatic heterocycles. The zero-order chi connectivity index (χ0) is 20.8. The van der Waals surface area contributed by atoms with Crippen molar-refractivity contribution < 1.29 is 23.2 Å². The molecule has 0 bridgehead atoms. The number of ether oxygens (including phenoxy) is 4. The number of aliphatic imine (C=N–C) groups is 1. The van der Waals surface area contributed by atoms with Crippen molar-refractivity contribution in [3.05, 3.63) is 42.0 Å². The molecule has 0 amide bonds. The highest BCUT2D eigenvalue weighted by molar-refractivity contribution is 7.85. The molecule has 29 heavy (non-hydrogen) atoms. The molecule has 156 valence electrons. The summed E-state index contributed by atoms with van der Waals surface area (Å²) in [7, 11) is 2.01. The molecule has 1 aliphatic rings. The Morgan fingerprint density at radius 1 is 1.10 bits per heavy atom. The molecule has 2 aromatic rings. The molecular weight excluding hydrogens is 390 g/mol. The predicted octanol–water partition coefficient (Wildman–Crippen LogP) is 4.67. The van der Waals surface area contributed by atoms with E-state index < -0.39 is 10.8 Å². The highest BCUT2D eigenvalue weighted by atomic mass is 32.2. The van der Waals surface area contributed by atoms with E-state index in [1.165, 1.54) is 6.40 Å². The van der Waals surface area contributed by atoms with Crippen LogP contribution in [0.5, 0.6) is 17.2 Å². The quantitative estimate of drug-likeness (QED) is 0.555. The maximum absolute atomic E-state index is 12.6. The highest BCUT2D eigenvalue weighted by Crippen LogP contribution is 2.37. The zero-order valence-electron chi connectivity index (χ0n) is 17.2. The van der Waals surface area contributed by atoms with Crippen molar-refractivity contribution in [2.75, 3.05) is 26.6 Å². The molecular formula is C22H27NO5S. The Morgan fingerprint density at radius 3 is 2.62 bits per heavy atom. The first-order chi connectivity index (χ1) is 14.0. The largest absolute Gasteiger partial charge is 0.494 e. The second-order valence-electron chi connectivity index (χ2n) is 7.02. The summed E-state index contributed by atoms with van der Waals surface area (Å²) in [5.41, 5.74) is 1.95. The van der Waals surface area contributed by atoms with Crippen molar-refractivity contribution in [1.29, 1.82) is 0 Å². The van der Waals surface area contributed by atoms with E-state index >= 15 is 0 Å². The molecule has 0 saturated heterocycles. The molecule has 0 spiro atoms. The molecule has 0 fully saturated rings. The monoisotopic (exact) mass is 417 g/mol. The van der Waals surface area contributed by atoms with Gasteiger partial charge in [-0.05, 0) is 42.7 Å². The van der Waals surface area contributed by atoms with Gasteiger partial charge in [-0.3, -0.25) is 4.21 Å². The Kier molecular flexibility index (Phi) is 7.14. The Morgan fingerprint density at radius 2 is 1.90 bits per heavy atom. The van der Waals surface area contributed by atoms with Crippen molar-refractivity contribution in [3.63, 3.8) is 0 Å². The number of benzene rings is 2. The number of nitrogens with zero attached hydrogens (tertiary/aromatic N) is 1. The van der Waals surface area contributed by atoms with Crippen LogP contribution < -0.4 is 14.2 Å². The van der Waals surface area contributed by atoms with Gasteiger partial charge in [-0.15, -0.1) is 0 Å². The third kappa shape index (κ3) is 5.09. The lowest BCUT2D eigenvalue weighted by Crippen LogP contribution is -2.13. The van der Waals surface area contributed by atoms with Crippen LogP contribution in [0.15, 0.2) is 46.3 Å². The number of fused-ring (bicyclic) bond motifs is 1. The van der Waals surface area contributed by atoms with Crippen LogP contribution in [0.4, 0.5) is 5.69 Å². The fourth-order valence-corrected chi connectivity index (χ4v) is 4.24. The molecule has 0 radical (unpaired) electrons. The van der Waals surface area contributed by atoms with Crippen molar-refractivity contribution in [2.24, 2.45) is 10.9 Å². The molecule has 7 heteroatoms. The number of rotatable bonds is 9. The van der Waals surface area contributed by atoms with Crippen LogP contribution >= 0.6 is 0 Å². The van der Waals surface area contributed by atoms with E-state index in [0.29, 0.717) is 41.1 Å². The average Bonchev–Trinajstić information content (AvgIpc) is 2.75. The predicted molar refractivity (Wildman–Crippen MR) is 114 cm³/mol. The zero-order valence-corrected chi connectivity index (χ0v) is 18.0. The number of methoxy groups -OCH3 is 2. The summed E-state index contributed by atoms with van der Waals surface area (Å²) >= 11 is 0. The van der Waals surface area contributed by atoms with E-state index in [-0.39, 0.29) is 6.10 Å². The van der Waals surface area contributed by atoms with E-state index in [4.69, 9.17) is 18.9 Å². The lowest BCUT2D eigenvalue weighted by atomic mass is 9.96. The topological polar surface area (TPSA) is 66.4 Å².